The van der Waals surface area contributed by atoms with Crippen LogP contribution in [0, 0.1) is 0 Å². The molecule has 0 bridgehead atoms. The lowest BCUT2D eigenvalue weighted by Gasteiger charge is -2.14. The Bertz CT molecular complexity index is 132. The maximum absolute atomic E-state index is 5.15. The van der Waals surface area contributed by atoms with Gasteiger partial charge in [-0.1, -0.05) is 13.3 Å². The van der Waals surface area contributed by atoms with Gasteiger partial charge >= 0.3 is 0 Å². The van der Waals surface area contributed by atoms with Crippen LogP contribution < -0.4 is 0 Å². The van der Waals surface area contributed by atoms with Gasteiger partial charge in [-0.05, 0) is 6.42 Å². The molecule has 0 unspecified atom stereocenters. The first-order chi connectivity index (χ1) is 5.43. The van der Waals surface area contributed by atoms with Gasteiger partial charge in [-0.15, -0.1) is 0 Å². The van der Waals surface area contributed by atoms with Crippen molar-refractivity contribution in [3.63, 3.8) is 0 Å². The van der Waals surface area contributed by atoms with Gasteiger partial charge in [0.15, 0.2) is 0 Å². The first-order valence-electron chi connectivity index (χ1n) is 3.85. The van der Waals surface area contributed by atoms with E-state index in [9.17, 15) is 0 Å². The van der Waals surface area contributed by atoms with Crippen LogP contribution in [-0.2, 0) is 8.92 Å². The molecule has 0 N–H and O–H groups in total. The molecule has 1 heterocycles. The first-order valence-corrected chi connectivity index (χ1v) is 4.55. The topological polar surface area (TPSA) is 30.8 Å². The zero-order valence-electron chi connectivity index (χ0n) is 6.71. The highest BCUT2D eigenvalue weighted by Crippen LogP contribution is 2.09. The van der Waals surface area contributed by atoms with E-state index in [2.05, 4.69) is 11.3 Å². The van der Waals surface area contributed by atoms with Gasteiger partial charge in [-0.25, -0.2) is 0 Å². The van der Waals surface area contributed by atoms with Crippen molar-refractivity contribution in [1.82, 2.24) is 0 Å². The predicted octanol–water partition coefficient (Wildman–Crippen LogP) is 1.84. The van der Waals surface area contributed by atoms with Crippen molar-refractivity contribution in [3.8, 4) is 0 Å². The van der Waals surface area contributed by atoms with E-state index in [0.717, 1.165) is 18.7 Å². The summed E-state index contributed by atoms with van der Waals surface area (Å²) < 4.78 is 14.2. The molecule has 0 spiro atoms. The van der Waals surface area contributed by atoms with Crippen molar-refractivity contribution in [2.24, 2.45) is 4.40 Å². The summed E-state index contributed by atoms with van der Waals surface area (Å²) in [5.74, 6) is 0. The zero-order valence-corrected chi connectivity index (χ0v) is 7.52. The van der Waals surface area contributed by atoms with Crippen molar-refractivity contribution in [1.29, 1.82) is 0 Å². The molecule has 0 amide bonds. The Labute approximate surface area is 71.5 Å². The quantitative estimate of drug-likeness (QED) is 0.363. The van der Waals surface area contributed by atoms with E-state index in [1.807, 2.05) is 0 Å². The predicted molar refractivity (Wildman–Crippen MR) is 46.7 cm³/mol. The maximum Gasteiger partial charge on any atom is 0.136 e. The van der Waals surface area contributed by atoms with Gasteiger partial charge in [0.1, 0.15) is 12.2 Å². The highest BCUT2D eigenvalue weighted by molar-refractivity contribution is 7.93. The van der Waals surface area contributed by atoms with E-state index in [0.29, 0.717) is 13.2 Å². The van der Waals surface area contributed by atoms with Crippen LogP contribution in [0.5, 0.6) is 0 Å². The van der Waals surface area contributed by atoms with E-state index in [1.165, 1.54) is 18.6 Å². The van der Waals surface area contributed by atoms with Gasteiger partial charge in [0.2, 0.25) is 0 Å². The summed E-state index contributed by atoms with van der Waals surface area (Å²) in [6.45, 7) is 4.30. The molecule has 1 aliphatic heterocycles. The van der Waals surface area contributed by atoms with Crippen molar-refractivity contribution < 1.29 is 8.92 Å². The lowest BCUT2D eigenvalue weighted by Crippen LogP contribution is -2.26. The first kappa shape index (κ1) is 9.03. The molecule has 0 radical (unpaired) electrons. The van der Waals surface area contributed by atoms with Crippen LogP contribution in [0.4, 0.5) is 0 Å². The Morgan fingerprint density at radius 2 is 2.45 bits per heavy atom. The monoisotopic (exact) mass is 175 g/mol. The average Bonchev–Trinajstić information content (AvgIpc) is 1.93. The van der Waals surface area contributed by atoms with Crippen molar-refractivity contribution >= 4 is 17.9 Å². The summed E-state index contributed by atoms with van der Waals surface area (Å²) in [7, 11) is 0. The number of ether oxygens (including phenoxy) is 1. The van der Waals surface area contributed by atoms with Crippen LogP contribution in [0.2, 0.25) is 0 Å². The lowest BCUT2D eigenvalue weighted by molar-refractivity contribution is 0.160. The second-order valence-corrected chi connectivity index (χ2v) is 2.97. The molecule has 64 valence electrons. The molecule has 1 saturated heterocycles. The van der Waals surface area contributed by atoms with E-state index in [4.69, 9.17) is 8.92 Å². The van der Waals surface area contributed by atoms with E-state index < -0.39 is 0 Å². The molecule has 0 aromatic carbocycles. The molecule has 4 heteroatoms. The largest absolute Gasteiger partial charge is 0.369 e. The van der Waals surface area contributed by atoms with Crippen LogP contribution >= 0.6 is 12.2 Å². The highest BCUT2D eigenvalue weighted by Gasteiger charge is 2.09. The molecular weight excluding hydrogens is 162 g/mol. The SMILES string of the molecule is CCCCOSN=C1COC1. The molecule has 0 atom stereocenters. The number of unbranched alkanes of at least 4 members (excludes halogenated alkanes) is 1. The zero-order chi connectivity index (χ0) is 7.94. The van der Waals surface area contributed by atoms with Crippen LogP contribution in [0.15, 0.2) is 4.40 Å². The summed E-state index contributed by atoms with van der Waals surface area (Å²) in [6.07, 6.45) is 2.27. The average molecular weight is 175 g/mol. The fourth-order valence-corrected chi connectivity index (χ4v) is 1.02. The smallest absolute Gasteiger partial charge is 0.136 e. The minimum absolute atomic E-state index is 0.685. The molecule has 1 rings (SSSR count). The number of hydrogen-bond acceptors (Lipinski definition) is 4. The fraction of sp³-hybridized carbons (Fsp3) is 0.857. The van der Waals surface area contributed by atoms with E-state index >= 15 is 0 Å². The molecular formula is C7H13NO2S. The van der Waals surface area contributed by atoms with E-state index in [-0.39, 0.29) is 0 Å². The molecule has 0 saturated carbocycles. The minimum Gasteiger partial charge on any atom is -0.369 e. The second kappa shape index (κ2) is 5.57. The Morgan fingerprint density at radius 1 is 1.64 bits per heavy atom. The van der Waals surface area contributed by atoms with Crippen LogP contribution in [0.25, 0.3) is 0 Å². The third-order valence-corrected chi connectivity index (χ3v) is 1.94. The Kier molecular flexibility index (Phi) is 4.58. The lowest BCUT2D eigenvalue weighted by atomic mass is 10.3. The van der Waals surface area contributed by atoms with Gasteiger partial charge in [-0.3, -0.25) is 4.18 Å². The standard InChI is InChI=1S/C7H13NO2S/c1-2-3-4-10-11-8-7-5-9-6-7/h2-6H2,1H3. The van der Waals surface area contributed by atoms with Gasteiger partial charge in [0.25, 0.3) is 0 Å². The van der Waals surface area contributed by atoms with Crippen LogP contribution in [-0.4, -0.2) is 25.5 Å². The molecule has 3 nitrogen and oxygen atoms in total. The normalized spacial score (nSPS) is 16.3. The molecule has 0 aromatic heterocycles. The van der Waals surface area contributed by atoms with Crippen molar-refractivity contribution in [2.75, 3.05) is 19.8 Å². The van der Waals surface area contributed by atoms with E-state index in [1.54, 1.807) is 0 Å². The Hall–Kier alpha value is -0.0600. The molecule has 1 fully saturated rings. The molecule has 0 aromatic rings. The molecule has 11 heavy (non-hydrogen) atoms. The Balaban J connectivity index is 1.87. The van der Waals surface area contributed by atoms with Crippen molar-refractivity contribution in [3.05, 3.63) is 0 Å². The van der Waals surface area contributed by atoms with Crippen LogP contribution in [0.3, 0.4) is 0 Å². The molecule has 0 aliphatic carbocycles. The third kappa shape index (κ3) is 3.74. The van der Waals surface area contributed by atoms with Crippen molar-refractivity contribution in [2.45, 2.75) is 19.8 Å². The minimum atomic E-state index is 0.685. The summed E-state index contributed by atoms with van der Waals surface area (Å²) in [5, 5.41) is 0. The fourth-order valence-electron chi connectivity index (χ4n) is 0.566. The highest BCUT2D eigenvalue weighted by atomic mass is 32.2. The second-order valence-electron chi connectivity index (χ2n) is 2.40. The van der Waals surface area contributed by atoms with Gasteiger partial charge < -0.3 is 4.74 Å². The number of rotatable bonds is 5. The number of hydrogen-bond donors (Lipinski definition) is 0. The number of nitrogens with zero attached hydrogens (tertiary/aromatic N) is 1. The Morgan fingerprint density at radius 3 is 3.00 bits per heavy atom. The summed E-state index contributed by atoms with van der Waals surface area (Å²) in [4.78, 5) is 0. The van der Waals surface area contributed by atoms with Crippen LogP contribution in [0.1, 0.15) is 19.8 Å². The van der Waals surface area contributed by atoms with Gasteiger partial charge in [-0.2, -0.15) is 4.40 Å². The van der Waals surface area contributed by atoms with Gasteiger partial charge in [0.05, 0.1) is 25.5 Å². The molecule has 1 aliphatic rings. The maximum atomic E-state index is 5.15. The summed E-state index contributed by atoms with van der Waals surface area (Å²) in [5.41, 5.74) is 1.09. The summed E-state index contributed by atoms with van der Waals surface area (Å²) >= 11 is 1.19. The van der Waals surface area contributed by atoms with Gasteiger partial charge in [0, 0.05) is 0 Å². The third-order valence-electron chi connectivity index (χ3n) is 1.34. The summed E-state index contributed by atoms with van der Waals surface area (Å²) in [6, 6.07) is 0.